The molecule has 0 bridgehead atoms. The molecule has 4 rings (SSSR count). The Morgan fingerprint density at radius 1 is 1.23 bits per heavy atom. The average Bonchev–Trinajstić information content (AvgIpc) is 3.14. The summed E-state index contributed by atoms with van der Waals surface area (Å²) in [5.41, 5.74) is 0.768. The van der Waals surface area contributed by atoms with Gasteiger partial charge in [0, 0.05) is 25.7 Å². The van der Waals surface area contributed by atoms with Crippen LogP contribution in [-0.4, -0.2) is 72.4 Å². The molecule has 9 nitrogen and oxygen atoms in total. The first-order chi connectivity index (χ1) is 10.8. The fourth-order valence-electron chi connectivity index (χ4n) is 2.60. The highest BCUT2D eigenvalue weighted by molar-refractivity contribution is 5.47. The van der Waals surface area contributed by atoms with Gasteiger partial charge in [0.15, 0.2) is 5.65 Å². The van der Waals surface area contributed by atoms with Crippen LogP contribution in [-0.2, 0) is 6.54 Å². The molecule has 1 saturated heterocycles. The number of aromatic nitrogens is 7. The molecule has 22 heavy (non-hydrogen) atoms. The van der Waals surface area contributed by atoms with E-state index in [0.29, 0.717) is 6.04 Å². The van der Waals surface area contributed by atoms with E-state index in [4.69, 9.17) is 0 Å². The highest BCUT2D eigenvalue weighted by atomic mass is 15.5. The standard InChI is InChI=1S/C13H17N9/c1-19(6-7-22-15-4-5-16-22)11-8-20(9-11)13-3-2-12-17-14-10-21(12)18-13/h2-5,10-11H,6-9H2,1H3. The number of hydrogen-bond acceptors (Lipinski definition) is 7. The summed E-state index contributed by atoms with van der Waals surface area (Å²) in [5.74, 6) is 0.964. The van der Waals surface area contributed by atoms with E-state index < -0.39 is 0 Å². The number of anilines is 1. The molecule has 1 fully saturated rings. The van der Waals surface area contributed by atoms with Gasteiger partial charge in [-0.15, -0.1) is 15.3 Å². The van der Waals surface area contributed by atoms with Crippen LogP contribution in [0.25, 0.3) is 5.65 Å². The number of rotatable bonds is 5. The Labute approximate surface area is 127 Å². The summed E-state index contributed by atoms with van der Waals surface area (Å²) in [4.78, 5) is 6.32. The Balaban J connectivity index is 1.33. The zero-order valence-electron chi connectivity index (χ0n) is 12.3. The van der Waals surface area contributed by atoms with Crippen molar-refractivity contribution in [1.29, 1.82) is 0 Å². The molecule has 0 radical (unpaired) electrons. The zero-order chi connectivity index (χ0) is 14.9. The van der Waals surface area contributed by atoms with Crippen LogP contribution in [0.1, 0.15) is 0 Å². The fourth-order valence-corrected chi connectivity index (χ4v) is 2.60. The molecule has 0 spiro atoms. The van der Waals surface area contributed by atoms with E-state index in [1.165, 1.54) is 0 Å². The minimum Gasteiger partial charge on any atom is -0.352 e. The summed E-state index contributed by atoms with van der Waals surface area (Å²) in [6.07, 6.45) is 5.04. The van der Waals surface area contributed by atoms with Gasteiger partial charge < -0.3 is 4.90 Å². The van der Waals surface area contributed by atoms with Gasteiger partial charge in [0.1, 0.15) is 12.1 Å². The van der Waals surface area contributed by atoms with Crippen molar-refractivity contribution in [2.24, 2.45) is 0 Å². The minimum atomic E-state index is 0.536. The Bertz CT molecular complexity index is 744. The molecule has 3 aromatic heterocycles. The molecule has 1 aliphatic heterocycles. The van der Waals surface area contributed by atoms with E-state index in [-0.39, 0.29) is 0 Å². The second-order valence-electron chi connectivity index (χ2n) is 5.49. The second-order valence-corrected chi connectivity index (χ2v) is 5.49. The predicted molar refractivity (Wildman–Crippen MR) is 79.4 cm³/mol. The lowest BCUT2D eigenvalue weighted by molar-refractivity contribution is 0.192. The highest BCUT2D eigenvalue weighted by Crippen LogP contribution is 2.21. The molecule has 3 aromatic rings. The Hall–Kier alpha value is -2.55. The van der Waals surface area contributed by atoms with Crippen LogP contribution in [0.3, 0.4) is 0 Å². The Kier molecular flexibility index (Phi) is 3.19. The lowest BCUT2D eigenvalue weighted by atomic mass is 10.1. The molecule has 1 aliphatic rings. The maximum absolute atomic E-state index is 4.51. The van der Waals surface area contributed by atoms with Gasteiger partial charge in [-0.05, 0) is 19.2 Å². The van der Waals surface area contributed by atoms with Crippen LogP contribution in [0.15, 0.2) is 30.9 Å². The van der Waals surface area contributed by atoms with Crippen molar-refractivity contribution < 1.29 is 0 Å². The Morgan fingerprint density at radius 3 is 2.86 bits per heavy atom. The summed E-state index contributed by atoms with van der Waals surface area (Å²) in [6.45, 7) is 3.70. The van der Waals surface area contributed by atoms with Crippen molar-refractivity contribution in [3.63, 3.8) is 0 Å². The van der Waals surface area contributed by atoms with Gasteiger partial charge in [-0.2, -0.15) is 19.5 Å². The topological polar surface area (TPSA) is 80.3 Å². The van der Waals surface area contributed by atoms with Gasteiger partial charge in [-0.1, -0.05) is 0 Å². The van der Waals surface area contributed by atoms with Crippen LogP contribution in [0.4, 0.5) is 5.82 Å². The smallest absolute Gasteiger partial charge is 0.177 e. The lowest BCUT2D eigenvalue weighted by Crippen LogP contribution is -2.59. The van der Waals surface area contributed by atoms with Gasteiger partial charge in [-0.3, -0.25) is 4.90 Å². The first kappa shape index (κ1) is 13.1. The van der Waals surface area contributed by atoms with E-state index in [1.807, 2.05) is 12.1 Å². The van der Waals surface area contributed by atoms with Gasteiger partial charge in [0.25, 0.3) is 0 Å². The molecule has 0 aromatic carbocycles. The highest BCUT2D eigenvalue weighted by Gasteiger charge is 2.30. The summed E-state index contributed by atoms with van der Waals surface area (Å²) < 4.78 is 1.70. The van der Waals surface area contributed by atoms with Crippen molar-refractivity contribution in [2.45, 2.75) is 12.6 Å². The van der Waals surface area contributed by atoms with Gasteiger partial charge in [0.05, 0.1) is 18.9 Å². The summed E-state index contributed by atoms with van der Waals surface area (Å²) in [6, 6.07) is 4.47. The summed E-state index contributed by atoms with van der Waals surface area (Å²) in [5, 5.41) is 20.6. The van der Waals surface area contributed by atoms with Crippen molar-refractivity contribution in [3.05, 3.63) is 30.9 Å². The van der Waals surface area contributed by atoms with Gasteiger partial charge in [0.2, 0.25) is 0 Å². The van der Waals surface area contributed by atoms with E-state index in [0.717, 1.165) is 37.6 Å². The average molecular weight is 299 g/mol. The van der Waals surface area contributed by atoms with Crippen LogP contribution in [0, 0.1) is 0 Å². The molecule has 0 saturated carbocycles. The Morgan fingerprint density at radius 2 is 2.05 bits per heavy atom. The minimum absolute atomic E-state index is 0.536. The quantitative estimate of drug-likeness (QED) is 0.630. The first-order valence-electron chi connectivity index (χ1n) is 7.26. The number of likely N-dealkylation sites (N-methyl/N-ethyl adjacent to an activating group) is 1. The maximum Gasteiger partial charge on any atom is 0.177 e. The second kappa shape index (κ2) is 5.34. The van der Waals surface area contributed by atoms with Crippen LogP contribution in [0.2, 0.25) is 0 Å². The molecular formula is C13H17N9. The van der Waals surface area contributed by atoms with Crippen molar-refractivity contribution >= 4 is 11.5 Å². The molecule has 0 N–H and O–H groups in total. The van der Waals surface area contributed by atoms with E-state index in [2.05, 4.69) is 42.3 Å². The number of fused-ring (bicyclic) bond motifs is 1. The lowest BCUT2D eigenvalue weighted by Gasteiger charge is -2.44. The van der Waals surface area contributed by atoms with Crippen LogP contribution in [0.5, 0.6) is 0 Å². The van der Waals surface area contributed by atoms with Crippen molar-refractivity contribution in [1.82, 2.24) is 39.7 Å². The third kappa shape index (κ3) is 2.39. The molecule has 4 heterocycles. The van der Waals surface area contributed by atoms with Crippen molar-refractivity contribution in [2.75, 3.05) is 31.6 Å². The van der Waals surface area contributed by atoms with Crippen molar-refractivity contribution in [3.8, 4) is 0 Å². The molecule has 0 unspecified atom stereocenters. The molecule has 0 atom stereocenters. The monoisotopic (exact) mass is 299 g/mol. The first-order valence-corrected chi connectivity index (χ1v) is 7.26. The SMILES string of the molecule is CN(CCn1nccn1)C1CN(c2ccc3nncn3n2)C1. The maximum atomic E-state index is 4.51. The van der Waals surface area contributed by atoms with E-state index in [9.17, 15) is 0 Å². The molecular weight excluding hydrogens is 282 g/mol. The number of nitrogens with zero attached hydrogens (tertiary/aromatic N) is 9. The molecule has 0 aliphatic carbocycles. The summed E-state index contributed by atoms with van der Waals surface area (Å²) in [7, 11) is 2.14. The van der Waals surface area contributed by atoms with Crippen LogP contribution >= 0.6 is 0 Å². The van der Waals surface area contributed by atoms with E-state index >= 15 is 0 Å². The van der Waals surface area contributed by atoms with E-state index in [1.54, 1.807) is 28.0 Å². The number of hydrogen-bond donors (Lipinski definition) is 0. The van der Waals surface area contributed by atoms with Gasteiger partial charge in [-0.25, -0.2) is 0 Å². The summed E-state index contributed by atoms with van der Waals surface area (Å²) >= 11 is 0. The van der Waals surface area contributed by atoms with Crippen LogP contribution < -0.4 is 4.90 Å². The molecule has 114 valence electrons. The normalized spacial score (nSPS) is 15.6. The molecule has 9 heteroatoms. The molecule has 0 amide bonds. The van der Waals surface area contributed by atoms with Gasteiger partial charge >= 0.3 is 0 Å². The largest absolute Gasteiger partial charge is 0.352 e. The fraction of sp³-hybridized carbons (Fsp3) is 0.462. The predicted octanol–water partition coefficient (Wildman–Crippen LogP) is -0.464. The third-order valence-electron chi connectivity index (χ3n) is 4.08. The third-order valence-corrected chi connectivity index (χ3v) is 4.08. The zero-order valence-corrected chi connectivity index (χ0v) is 12.3.